The van der Waals surface area contributed by atoms with Crippen LogP contribution < -0.4 is 29.3 Å². The molecule has 2 unspecified atom stereocenters. The third kappa shape index (κ3) is 4.87. The van der Waals surface area contributed by atoms with E-state index in [2.05, 4.69) is 42.6 Å². The Labute approximate surface area is 223 Å². The fraction of sp³-hybridized carbons (Fsp3) is 0.481. The lowest BCUT2D eigenvalue weighted by molar-refractivity contribution is -0.120. The third-order valence-corrected chi connectivity index (χ3v) is 7.81. The van der Waals surface area contributed by atoms with Crippen LogP contribution in [-0.4, -0.2) is 46.3 Å². The van der Waals surface area contributed by atoms with Crippen LogP contribution in [0.5, 0.6) is 11.5 Å². The fourth-order valence-electron chi connectivity index (χ4n) is 5.23. The molecular formula is C27H34N4O6S. The summed E-state index contributed by atoms with van der Waals surface area (Å²) in [5.74, 6) is 1.44. The number of carbonyl (C=O) groups is 2. The number of methoxy groups -OCH3 is 1. The second-order valence-electron chi connectivity index (χ2n) is 11.3. The van der Waals surface area contributed by atoms with E-state index in [0.29, 0.717) is 28.8 Å². The van der Waals surface area contributed by atoms with Crippen molar-refractivity contribution in [3.63, 3.8) is 0 Å². The molecule has 3 aliphatic rings. The number of benzene rings is 2. The van der Waals surface area contributed by atoms with Crippen LogP contribution >= 0.6 is 0 Å². The molecule has 38 heavy (non-hydrogen) atoms. The largest absolute Gasteiger partial charge is 0.496 e. The molecule has 0 spiro atoms. The lowest BCUT2D eigenvalue weighted by Gasteiger charge is -2.33. The Morgan fingerprint density at radius 2 is 1.87 bits per heavy atom. The van der Waals surface area contributed by atoms with Gasteiger partial charge in [0, 0.05) is 30.3 Å². The van der Waals surface area contributed by atoms with Gasteiger partial charge in [-0.05, 0) is 48.1 Å². The zero-order chi connectivity index (χ0) is 27.6. The van der Waals surface area contributed by atoms with Crippen LogP contribution in [0.25, 0.3) is 0 Å². The van der Waals surface area contributed by atoms with Gasteiger partial charge in [0.25, 0.3) is 0 Å². The van der Waals surface area contributed by atoms with Crippen molar-refractivity contribution in [3.05, 3.63) is 41.5 Å². The van der Waals surface area contributed by atoms with E-state index in [9.17, 15) is 18.0 Å². The topological polar surface area (TPSA) is 117 Å². The molecule has 11 heteroatoms. The van der Waals surface area contributed by atoms with E-state index in [1.807, 2.05) is 12.1 Å². The van der Waals surface area contributed by atoms with Crippen LogP contribution in [0.15, 0.2) is 30.3 Å². The van der Waals surface area contributed by atoms with Crippen molar-refractivity contribution in [2.75, 3.05) is 34.4 Å². The predicted octanol–water partition coefficient (Wildman–Crippen LogP) is 4.12. The molecule has 2 aromatic rings. The quantitative estimate of drug-likeness (QED) is 0.564. The molecule has 1 saturated heterocycles. The fourth-order valence-corrected chi connectivity index (χ4v) is 5.78. The Kier molecular flexibility index (Phi) is 6.24. The normalized spacial score (nSPS) is 23.1. The Hall–Kier alpha value is -3.47. The molecule has 0 bridgehead atoms. The maximum atomic E-state index is 12.8. The van der Waals surface area contributed by atoms with E-state index in [-0.39, 0.29) is 30.3 Å². The summed E-state index contributed by atoms with van der Waals surface area (Å²) in [6, 6.07) is 8.82. The highest BCUT2D eigenvalue weighted by atomic mass is 32.2. The Morgan fingerprint density at radius 3 is 2.45 bits per heavy atom. The van der Waals surface area contributed by atoms with Crippen molar-refractivity contribution in [3.8, 4) is 11.5 Å². The summed E-state index contributed by atoms with van der Waals surface area (Å²) >= 11 is 0. The number of ether oxygens (including phenoxy) is 2. The Morgan fingerprint density at radius 1 is 1.16 bits per heavy atom. The summed E-state index contributed by atoms with van der Waals surface area (Å²) < 4.78 is 38.9. The molecule has 10 nitrogen and oxygen atoms in total. The van der Waals surface area contributed by atoms with Crippen LogP contribution in [0, 0.1) is 5.92 Å². The molecule has 0 aromatic heterocycles. The van der Waals surface area contributed by atoms with E-state index in [0.717, 1.165) is 29.5 Å². The molecule has 204 valence electrons. The van der Waals surface area contributed by atoms with Gasteiger partial charge in [0.1, 0.15) is 11.5 Å². The van der Waals surface area contributed by atoms with Gasteiger partial charge in [0.15, 0.2) is 0 Å². The highest BCUT2D eigenvalue weighted by molar-refractivity contribution is 7.92. The number of nitrogens with zero attached hydrogens (tertiary/aromatic N) is 2. The number of carbonyl (C=O) groups excluding carboxylic acids is 2. The van der Waals surface area contributed by atoms with E-state index in [1.54, 1.807) is 30.2 Å². The number of imide groups is 1. The highest BCUT2D eigenvalue weighted by Gasteiger charge is 2.48. The van der Waals surface area contributed by atoms with Crippen LogP contribution in [0.1, 0.15) is 57.9 Å². The predicted molar refractivity (Wildman–Crippen MR) is 146 cm³/mol. The number of sulfonamides is 1. The SMILES string of the molecule is COc1c(C2Oc3ccc(NS(C)(=O)=O)cc3N2[C@H]2CC2C)cc(N2CCC(=O)NC2=O)cc1C(C)(C)C. The summed E-state index contributed by atoms with van der Waals surface area (Å²) in [7, 11) is -1.82. The molecule has 5 rings (SSSR count). The maximum Gasteiger partial charge on any atom is 0.328 e. The molecule has 3 atom stereocenters. The second-order valence-corrected chi connectivity index (χ2v) is 13.1. The van der Waals surface area contributed by atoms with Crippen molar-refractivity contribution in [2.45, 2.75) is 58.2 Å². The van der Waals surface area contributed by atoms with Gasteiger partial charge in [-0.2, -0.15) is 0 Å². The van der Waals surface area contributed by atoms with Crippen molar-refractivity contribution in [1.82, 2.24) is 5.32 Å². The summed E-state index contributed by atoms with van der Waals surface area (Å²) in [6.45, 7) is 8.67. The van der Waals surface area contributed by atoms with Gasteiger partial charge < -0.3 is 14.4 Å². The van der Waals surface area contributed by atoms with Crippen LogP contribution in [0.2, 0.25) is 0 Å². The molecule has 1 aliphatic carbocycles. The first kappa shape index (κ1) is 26.1. The van der Waals surface area contributed by atoms with Crippen molar-refractivity contribution >= 4 is 39.0 Å². The summed E-state index contributed by atoms with van der Waals surface area (Å²) in [4.78, 5) is 28.3. The first-order valence-electron chi connectivity index (χ1n) is 12.7. The molecule has 2 fully saturated rings. The molecule has 0 radical (unpaired) electrons. The summed E-state index contributed by atoms with van der Waals surface area (Å²) in [6.07, 6.45) is 1.74. The van der Waals surface area contributed by atoms with Gasteiger partial charge >= 0.3 is 6.03 Å². The lowest BCUT2D eigenvalue weighted by atomic mass is 9.84. The first-order valence-corrected chi connectivity index (χ1v) is 14.6. The third-order valence-electron chi connectivity index (χ3n) is 7.20. The first-order chi connectivity index (χ1) is 17.8. The molecule has 2 heterocycles. The van der Waals surface area contributed by atoms with E-state index >= 15 is 0 Å². The summed E-state index contributed by atoms with van der Waals surface area (Å²) in [5.41, 5.74) is 3.24. The number of hydrogen-bond acceptors (Lipinski definition) is 7. The maximum absolute atomic E-state index is 12.8. The van der Waals surface area contributed by atoms with Gasteiger partial charge in [-0.1, -0.05) is 27.7 Å². The van der Waals surface area contributed by atoms with Gasteiger partial charge in [0.2, 0.25) is 22.2 Å². The standard InChI is InChI=1S/C27H34N4O6S/c1-15-11-20(15)31-21-12-16(29-38(6,34)35)7-8-22(21)37-25(31)18-13-17(30-10-9-23(32)28-26(30)33)14-19(24(18)36-5)27(2,3)4/h7-8,12-15,20,25,29H,9-11H2,1-6H3,(H,28,32,33)/t15?,20-,25?/m0/s1. The van der Waals surface area contributed by atoms with Crippen molar-refractivity contribution in [2.24, 2.45) is 5.92 Å². The molecule has 3 amide bonds. The minimum Gasteiger partial charge on any atom is -0.496 e. The monoisotopic (exact) mass is 542 g/mol. The molecular weight excluding hydrogens is 508 g/mol. The van der Waals surface area contributed by atoms with E-state index in [1.165, 1.54) is 0 Å². The molecule has 2 N–H and O–H groups in total. The highest BCUT2D eigenvalue weighted by Crippen LogP contribution is 2.54. The number of urea groups is 1. The van der Waals surface area contributed by atoms with Gasteiger partial charge in [-0.15, -0.1) is 0 Å². The number of fused-ring (bicyclic) bond motifs is 1. The lowest BCUT2D eigenvalue weighted by Crippen LogP contribution is -2.49. The smallest absolute Gasteiger partial charge is 0.328 e. The molecule has 2 aliphatic heterocycles. The number of rotatable bonds is 6. The van der Waals surface area contributed by atoms with Crippen LogP contribution in [0.4, 0.5) is 21.9 Å². The number of anilines is 3. The van der Waals surface area contributed by atoms with Crippen LogP contribution in [-0.2, 0) is 20.2 Å². The number of hydrogen-bond donors (Lipinski definition) is 2. The van der Waals surface area contributed by atoms with E-state index in [4.69, 9.17) is 9.47 Å². The second kappa shape index (κ2) is 9.07. The van der Waals surface area contributed by atoms with Crippen LogP contribution in [0.3, 0.4) is 0 Å². The van der Waals surface area contributed by atoms with Gasteiger partial charge in [-0.25, -0.2) is 13.2 Å². The zero-order valence-electron chi connectivity index (χ0n) is 22.5. The number of nitrogens with one attached hydrogen (secondary N) is 2. The summed E-state index contributed by atoms with van der Waals surface area (Å²) in [5, 5.41) is 2.40. The minimum atomic E-state index is -3.45. The molecule has 1 saturated carbocycles. The average molecular weight is 543 g/mol. The van der Waals surface area contributed by atoms with Crippen molar-refractivity contribution < 1.29 is 27.5 Å². The van der Waals surface area contributed by atoms with Crippen molar-refractivity contribution in [1.29, 1.82) is 0 Å². The minimum absolute atomic E-state index is 0.192. The Bertz CT molecular complexity index is 1420. The van der Waals surface area contributed by atoms with E-state index < -0.39 is 22.3 Å². The van der Waals surface area contributed by atoms with Gasteiger partial charge in [-0.3, -0.25) is 19.7 Å². The molecule has 2 aromatic carbocycles. The van der Waals surface area contributed by atoms with Gasteiger partial charge in [0.05, 0.1) is 30.3 Å². The Balaban J connectivity index is 1.65. The number of amides is 3. The zero-order valence-corrected chi connectivity index (χ0v) is 23.3. The average Bonchev–Trinajstić information content (AvgIpc) is 3.40.